The molecule has 1 N–H and O–H groups in total. The maximum Gasteiger partial charge on any atom is 0.252 e. The maximum absolute atomic E-state index is 14.3. The molecule has 0 aliphatic carbocycles. The third-order valence-corrected chi connectivity index (χ3v) is 10.4. The van der Waals surface area contributed by atoms with Gasteiger partial charge in [0.05, 0.1) is 49.0 Å². The summed E-state index contributed by atoms with van der Waals surface area (Å²) in [5.74, 6) is -0.609. The summed E-state index contributed by atoms with van der Waals surface area (Å²) in [6.07, 6.45) is -1.24. The highest BCUT2D eigenvalue weighted by molar-refractivity contribution is 7.89. The molecule has 1 unspecified atom stereocenters. The molecule has 2 heterocycles. The predicted molar refractivity (Wildman–Crippen MR) is 180 cm³/mol. The van der Waals surface area contributed by atoms with Crippen molar-refractivity contribution in [3.8, 4) is 0 Å². The van der Waals surface area contributed by atoms with Crippen LogP contribution in [0.5, 0.6) is 0 Å². The van der Waals surface area contributed by atoms with Crippen molar-refractivity contribution in [3.05, 3.63) is 137 Å². The van der Waals surface area contributed by atoms with Crippen LogP contribution in [0.25, 0.3) is 0 Å². The van der Waals surface area contributed by atoms with Crippen molar-refractivity contribution in [3.63, 3.8) is 0 Å². The second kappa shape index (κ2) is 15.1. The van der Waals surface area contributed by atoms with Crippen LogP contribution in [0.15, 0.2) is 108 Å². The van der Waals surface area contributed by atoms with E-state index in [0.717, 1.165) is 27.8 Å². The Bertz CT molecular complexity index is 1790. The number of halogens is 1. The number of carbonyl (C=O) groups excluding carboxylic acids is 1. The average Bonchev–Trinajstić information content (AvgIpc) is 3.09. The van der Waals surface area contributed by atoms with Crippen LogP contribution in [-0.4, -0.2) is 63.3 Å². The van der Waals surface area contributed by atoms with Gasteiger partial charge in [-0.1, -0.05) is 84.4 Å². The number of hydrogen-bond acceptors (Lipinski definition) is 6. The molecule has 2 aliphatic rings. The second-order valence-corrected chi connectivity index (χ2v) is 14.2. The van der Waals surface area contributed by atoms with Crippen molar-refractivity contribution in [1.82, 2.24) is 9.62 Å². The molecule has 48 heavy (non-hydrogen) atoms. The first-order valence-corrected chi connectivity index (χ1v) is 17.8. The summed E-state index contributed by atoms with van der Waals surface area (Å²) < 4.78 is 62.3. The molecule has 0 spiro atoms. The minimum atomic E-state index is -3.95. The number of rotatable bonds is 11. The number of sulfonamides is 1. The van der Waals surface area contributed by atoms with Gasteiger partial charge in [0.2, 0.25) is 10.0 Å². The monoisotopic (exact) mass is 672 g/mol. The van der Waals surface area contributed by atoms with Gasteiger partial charge in [0.1, 0.15) is 11.9 Å². The minimum Gasteiger partial charge on any atom is -0.374 e. The van der Waals surface area contributed by atoms with Gasteiger partial charge in [-0.3, -0.25) is 4.79 Å². The maximum atomic E-state index is 14.3. The topological polar surface area (TPSA) is 94.2 Å². The van der Waals surface area contributed by atoms with Crippen molar-refractivity contribution in [1.29, 1.82) is 0 Å². The summed E-state index contributed by atoms with van der Waals surface area (Å²) in [7, 11) is -3.95. The number of benzene rings is 4. The molecule has 2 aliphatic heterocycles. The number of fused-ring (bicyclic) bond motifs is 1. The Balaban J connectivity index is 1.21. The Hall–Kier alpha value is -3.93. The van der Waals surface area contributed by atoms with Gasteiger partial charge in [-0.05, 0) is 66.8 Å². The number of nitrogens with one attached hydrogen (secondary N) is 1. The highest BCUT2D eigenvalue weighted by Gasteiger charge is 2.42. The molecule has 1 saturated heterocycles. The summed E-state index contributed by atoms with van der Waals surface area (Å²) in [5.41, 5.74) is 4.86. The molecule has 0 aromatic heterocycles. The standard InChI is InChI=1S/C38H41FN2O6S/c1-26-12-18-32(19-13-26)48(43,44)40-34-22-35(46-25-36(34)47-27(2)23-45-24-28-8-4-3-5-9-28)38(42)41-21-20-29-10-6-7-11-33(29)37(41)30-14-16-31(39)17-15-30/h3-19,27,34-37,40H,20-25H2,1-2H3/t27?,34-,35+,36-,37-/m0/s1. The summed E-state index contributed by atoms with van der Waals surface area (Å²) in [6, 6.07) is 29.4. The Morgan fingerprint density at radius 1 is 0.979 bits per heavy atom. The largest absolute Gasteiger partial charge is 0.374 e. The molecule has 0 saturated carbocycles. The molecular formula is C38H41FN2O6S. The van der Waals surface area contributed by atoms with E-state index in [9.17, 15) is 17.6 Å². The van der Waals surface area contributed by atoms with Crippen LogP contribution in [0.1, 0.15) is 47.2 Å². The average molecular weight is 673 g/mol. The van der Waals surface area contributed by atoms with Gasteiger partial charge < -0.3 is 19.1 Å². The molecule has 4 aromatic rings. The van der Waals surface area contributed by atoms with E-state index < -0.39 is 34.3 Å². The summed E-state index contributed by atoms with van der Waals surface area (Å²) in [5, 5.41) is 0. The van der Waals surface area contributed by atoms with Gasteiger partial charge in [0.15, 0.2) is 0 Å². The molecule has 0 radical (unpaired) electrons. The van der Waals surface area contributed by atoms with E-state index in [2.05, 4.69) is 4.72 Å². The number of carbonyl (C=O) groups is 1. The molecule has 5 atom stereocenters. The molecular weight excluding hydrogens is 631 g/mol. The van der Waals surface area contributed by atoms with Crippen molar-refractivity contribution in [2.24, 2.45) is 0 Å². The van der Waals surface area contributed by atoms with E-state index in [1.807, 2.05) is 68.4 Å². The van der Waals surface area contributed by atoms with Gasteiger partial charge in [-0.25, -0.2) is 17.5 Å². The molecule has 1 fully saturated rings. The zero-order chi connectivity index (χ0) is 33.7. The zero-order valence-corrected chi connectivity index (χ0v) is 27.9. The first-order chi connectivity index (χ1) is 23.2. The first-order valence-electron chi connectivity index (χ1n) is 16.3. The van der Waals surface area contributed by atoms with Crippen LogP contribution in [0.3, 0.4) is 0 Å². The van der Waals surface area contributed by atoms with Crippen LogP contribution in [0.4, 0.5) is 4.39 Å². The smallest absolute Gasteiger partial charge is 0.252 e. The summed E-state index contributed by atoms with van der Waals surface area (Å²) in [4.78, 5) is 16.2. The number of aryl methyl sites for hydroxylation is 1. The number of hydrogen-bond donors (Lipinski definition) is 1. The van der Waals surface area contributed by atoms with Crippen LogP contribution in [0, 0.1) is 12.7 Å². The van der Waals surface area contributed by atoms with Crippen LogP contribution < -0.4 is 4.72 Å². The van der Waals surface area contributed by atoms with E-state index in [0.29, 0.717) is 19.6 Å². The lowest BCUT2D eigenvalue weighted by Gasteiger charge is -2.42. The van der Waals surface area contributed by atoms with Crippen LogP contribution >= 0.6 is 0 Å². The third-order valence-electron chi connectivity index (χ3n) is 8.92. The molecule has 6 rings (SSSR count). The molecule has 0 bridgehead atoms. The van der Waals surface area contributed by atoms with Crippen molar-refractivity contribution < 1.29 is 31.8 Å². The fourth-order valence-corrected chi connectivity index (χ4v) is 7.72. The first kappa shape index (κ1) is 34.0. The number of amides is 1. The van der Waals surface area contributed by atoms with Crippen LogP contribution in [-0.2, 0) is 42.1 Å². The molecule has 10 heteroatoms. The van der Waals surface area contributed by atoms with E-state index in [1.54, 1.807) is 41.3 Å². The fraction of sp³-hybridized carbons (Fsp3) is 0.342. The summed E-state index contributed by atoms with van der Waals surface area (Å²) >= 11 is 0. The normalized spacial score (nSPS) is 21.8. The second-order valence-electron chi connectivity index (χ2n) is 12.5. The fourth-order valence-electron chi connectivity index (χ4n) is 6.44. The lowest BCUT2D eigenvalue weighted by atomic mass is 9.87. The third kappa shape index (κ3) is 8.02. The van der Waals surface area contributed by atoms with Gasteiger partial charge in [0.25, 0.3) is 5.91 Å². The van der Waals surface area contributed by atoms with Gasteiger partial charge in [0, 0.05) is 13.0 Å². The Morgan fingerprint density at radius 3 is 2.44 bits per heavy atom. The SMILES string of the molecule is Cc1ccc(S(=O)(=O)N[C@H]2C[C@H](C(=O)N3CCc4ccccc4[C@@H]3c3ccc(F)cc3)OC[C@@H]2OC(C)COCc2ccccc2)cc1. The quantitative estimate of drug-likeness (QED) is 0.219. The zero-order valence-electron chi connectivity index (χ0n) is 27.1. The van der Waals surface area contributed by atoms with Crippen molar-refractivity contribution in [2.75, 3.05) is 19.8 Å². The number of ether oxygens (including phenoxy) is 3. The van der Waals surface area contributed by atoms with Gasteiger partial charge >= 0.3 is 0 Å². The van der Waals surface area contributed by atoms with E-state index in [-0.39, 0.29) is 42.4 Å². The van der Waals surface area contributed by atoms with Crippen LogP contribution in [0.2, 0.25) is 0 Å². The molecule has 1 amide bonds. The van der Waals surface area contributed by atoms with Crippen molar-refractivity contribution >= 4 is 15.9 Å². The highest BCUT2D eigenvalue weighted by atomic mass is 32.2. The van der Waals surface area contributed by atoms with E-state index in [4.69, 9.17) is 14.2 Å². The lowest BCUT2D eigenvalue weighted by molar-refractivity contribution is -0.164. The Kier molecular flexibility index (Phi) is 10.7. The summed E-state index contributed by atoms with van der Waals surface area (Å²) in [6.45, 7) is 4.91. The van der Waals surface area contributed by atoms with Crippen molar-refractivity contribution in [2.45, 2.75) is 68.6 Å². The predicted octanol–water partition coefficient (Wildman–Crippen LogP) is 5.73. The van der Waals surface area contributed by atoms with E-state index >= 15 is 0 Å². The molecule has 8 nitrogen and oxygen atoms in total. The Labute approximate surface area is 281 Å². The van der Waals surface area contributed by atoms with Gasteiger partial charge in [-0.2, -0.15) is 0 Å². The molecule has 4 aromatic carbocycles. The van der Waals surface area contributed by atoms with E-state index in [1.165, 1.54) is 12.1 Å². The van der Waals surface area contributed by atoms with Gasteiger partial charge in [-0.15, -0.1) is 0 Å². The molecule has 252 valence electrons. The highest BCUT2D eigenvalue weighted by Crippen LogP contribution is 2.37. The lowest BCUT2D eigenvalue weighted by Crippen LogP contribution is -2.57. The Morgan fingerprint density at radius 2 is 1.69 bits per heavy atom. The number of nitrogens with zero attached hydrogens (tertiary/aromatic N) is 1. The minimum absolute atomic E-state index is 0.00611.